The summed E-state index contributed by atoms with van der Waals surface area (Å²) in [6.45, 7) is 0.423. The maximum atomic E-state index is 12.7. The van der Waals surface area contributed by atoms with Gasteiger partial charge in [0.05, 0.1) is 0 Å². The van der Waals surface area contributed by atoms with Gasteiger partial charge in [-0.2, -0.15) is 0 Å². The molecule has 4 nitrogen and oxygen atoms in total. The van der Waals surface area contributed by atoms with Crippen molar-refractivity contribution < 1.29 is 19.1 Å². The van der Waals surface area contributed by atoms with Crippen LogP contribution in [0.2, 0.25) is 0 Å². The van der Waals surface area contributed by atoms with Crippen LogP contribution >= 0.6 is 0 Å². The maximum absolute atomic E-state index is 12.7. The van der Waals surface area contributed by atoms with Crippen LogP contribution < -0.4 is 0 Å². The predicted octanol–water partition coefficient (Wildman–Crippen LogP) is 2.98. The third kappa shape index (κ3) is 2.18. The van der Waals surface area contributed by atoms with E-state index in [1.807, 2.05) is 0 Å². The molecule has 4 bridgehead atoms. The fraction of sp³-hybridized carbons (Fsp3) is 0.882. The molecule has 4 heteroatoms. The Bertz CT molecular complexity index is 414. The summed E-state index contributed by atoms with van der Waals surface area (Å²) >= 11 is 0. The van der Waals surface area contributed by atoms with E-state index >= 15 is 0 Å². The van der Waals surface area contributed by atoms with Crippen LogP contribution in [0.4, 0.5) is 0 Å². The number of ether oxygens (including phenoxy) is 2. The van der Waals surface area contributed by atoms with E-state index in [2.05, 4.69) is 0 Å². The highest BCUT2D eigenvalue weighted by Gasteiger charge is 2.55. The van der Waals surface area contributed by atoms with Gasteiger partial charge in [0.1, 0.15) is 5.60 Å². The molecule has 116 valence electrons. The van der Waals surface area contributed by atoms with Gasteiger partial charge >= 0.3 is 5.97 Å². The summed E-state index contributed by atoms with van der Waals surface area (Å²) in [5.41, 5.74) is -1.22. The third-order valence-corrected chi connectivity index (χ3v) is 6.35. The molecule has 0 radical (unpaired) electrons. The van der Waals surface area contributed by atoms with Crippen LogP contribution in [0.25, 0.3) is 0 Å². The van der Waals surface area contributed by atoms with Crippen molar-refractivity contribution >= 4 is 12.4 Å². The molecule has 21 heavy (non-hydrogen) atoms. The summed E-state index contributed by atoms with van der Waals surface area (Å²) in [7, 11) is 0. The fourth-order valence-corrected chi connectivity index (χ4v) is 5.85. The van der Waals surface area contributed by atoms with Crippen molar-refractivity contribution in [3.8, 4) is 0 Å². The molecule has 5 fully saturated rings. The minimum Gasteiger partial charge on any atom is -0.456 e. The average Bonchev–Trinajstić information content (AvgIpc) is 2.87. The summed E-state index contributed by atoms with van der Waals surface area (Å²) < 4.78 is 11.3. The van der Waals surface area contributed by atoms with E-state index < -0.39 is 5.60 Å². The molecular weight excluding hydrogens is 268 g/mol. The van der Waals surface area contributed by atoms with Crippen LogP contribution in [-0.4, -0.2) is 23.6 Å². The molecule has 0 spiro atoms. The topological polar surface area (TPSA) is 52.6 Å². The average molecular weight is 292 g/mol. The molecule has 5 aliphatic rings. The number of carbonyl (C=O) groups excluding carboxylic acids is 2. The molecule has 0 aliphatic heterocycles. The van der Waals surface area contributed by atoms with Crippen LogP contribution in [0.5, 0.6) is 0 Å². The Morgan fingerprint density at radius 3 is 1.95 bits per heavy atom. The Morgan fingerprint density at radius 1 is 0.952 bits per heavy atom. The first-order valence-corrected chi connectivity index (χ1v) is 8.48. The van der Waals surface area contributed by atoms with Crippen LogP contribution in [0.1, 0.15) is 64.2 Å². The SMILES string of the molecule is O=COC1(C(=O)OC23CC4CC(CC(C4)C2)C3)CCCC1. The molecular formula is C17H24O4. The molecule has 0 aromatic rings. The van der Waals surface area contributed by atoms with Crippen LogP contribution in [0.15, 0.2) is 0 Å². The third-order valence-electron chi connectivity index (χ3n) is 6.35. The predicted molar refractivity (Wildman–Crippen MR) is 75.3 cm³/mol. The van der Waals surface area contributed by atoms with Gasteiger partial charge in [0.25, 0.3) is 6.47 Å². The lowest BCUT2D eigenvalue weighted by Crippen LogP contribution is -2.55. The molecule has 0 atom stereocenters. The van der Waals surface area contributed by atoms with Crippen molar-refractivity contribution in [2.45, 2.75) is 75.4 Å². The second-order valence-corrected chi connectivity index (χ2v) is 7.91. The van der Waals surface area contributed by atoms with Crippen molar-refractivity contribution in [2.75, 3.05) is 0 Å². The van der Waals surface area contributed by atoms with Crippen molar-refractivity contribution in [1.82, 2.24) is 0 Å². The lowest BCUT2D eigenvalue weighted by molar-refractivity contribution is -0.207. The molecule has 5 aliphatic carbocycles. The van der Waals surface area contributed by atoms with Gasteiger partial charge in [0.15, 0.2) is 0 Å². The molecule has 0 aromatic carbocycles. The first kappa shape index (κ1) is 13.6. The quantitative estimate of drug-likeness (QED) is 0.590. The Kier molecular flexibility index (Phi) is 3.05. The van der Waals surface area contributed by atoms with Gasteiger partial charge in [-0.15, -0.1) is 0 Å². The van der Waals surface area contributed by atoms with Gasteiger partial charge in [0.2, 0.25) is 5.60 Å². The van der Waals surface area contributed by atoms with E-state index in [1.165, 1.54) is 19.3 Å². The van der Waals surface area contributed by atoms with Crippen LogP contribution in [0, 0.1) is 17.8 Å². The number of hydrogen-bond donors (Lipinski definition) is 0. The normalized spacial score (nSPS) is 42.8. The van der Waals surface area contributed by atoms with Crippen LogP contribution in [-0.2, 0) is 19.1 Å². The van der Waals surface area contributed by atoms with E-state index in [9.17, 15) is 9.59 Å². The molecule has 0 N–H and O–H groups in total. The molecule has 0 heterocycles. The standard InChI is InChI=1S/C17H24O4/c18-11-20-17(3-1-2-4-17)15(19)21-16-8-12-5-13(9-16)7-14(6-12)10-16/h11-14H,1-10H2. The van der Waals surface area contributed by atoms with Gasteiger partial charge in [-0.05, 0) is 82.0 Å². The Labute approximate surface area is 125 Å². The second-order valence-electron chi connectivity index (χ2n) is 7.91. The molecule has 0 unspecified atom stereocenters. The highest BCUT2D eigenvalue weighted by atomic mass is 16.6. The van der Waals surface area contributed by atoms with E-state index in [0.717, 1.165) is 49.9 Å². The van der Waals surface area contributed by atoms with Crippen molar-refractivity contribution in [3.05, 3.63) is 0 Å². The monoisotopic (exact) mass is 292 g/mol. The Morgan fingerprint density at radius 2 is 1.48 bits per heavy atom. The van der Waals surface area contributed by atoms with Gasteiger partial charge < -0.3 is 9.47 Å². The summed E-state index contributed by atoms with van der Waals surface area (Å²) in [5.74, 6) is 1.97. The number of rotatable bonds is 4. The van der Waals surface area contributed by atoms with E-state index in [4.69, 9.17) is 9.47 Å². The van der Waals surface area contributed by atoms with Gasteiger partial charge in [0, 0.05) is 0 Å². The van der Waals surface area contributed by atoms with Gasteiger partial charge in [-0.25, -0.2) is 4.79 Å². The lowest BCUT2D eigenvalue weighted by atomic mass is 9.54. The summed E-state index contributed by atoms with van der Waals surface area (Å²) in [6.07, 6.45) is 10.2. The molecule has 5 rings (SSSR count). The largest absolute Gasteiger partial charge is 0.456 e. The Hall–Kier alpha value is -1.06. The highest BCUT2D eigenvalue weighted by Crippen LogP contribution is 2.57. The van der Waals surface area contributed by atoms with E-state index in [1.54, 1.807) is 0 Å². The van der Waals surface area contributed by atoms with Gasteiger partial charge in [-0.1, -0.05) is 0 Å². The zero-order chi connectivity index (χ0) is 14.5. The van der Waals surface area contributed by atoms with Crippen molar-refractivity contribution in [1.29, 1.82) is 0 Å². The molecule has 0 amide bonds. The Balaban J connectivity index is 1.52. The summed E-state index contributed by atoms with van der Waals surface area (Å²) in [6, 6.07) is 0. The van der Waals surface area contributed by atoms with Crippen LogP contribution in [0.3, 0.4) is 0 Å². The maximum Gasteiger partial charge on any atom is 0.351 e. The first-order chi connectivity index (χ1) is 10.1. The summed E-state index contributed by atoms with van der Waals surface area (Å²) in [4.78, 5) is 23.5. The van der Waals surface area contributed by atoms with Gasteiger partial charge in [-0.3, -0.25) is 4.79 Å². The lowest BCUT2D eigenvalue weighted by Gasteiger charge is -2.56. The minimum absolute atomic E-state index is 0.242. The molecule has 0 aromatic heterocycles. The fourth-order valence-electron chi connectivity index (χ4n) is 5.85. The first-order valence-electron chi connectivity index (χ1n) is 8.48. The van der Waals surface area contributed by atoms with E-state index in [0.29, 0.717) is 19.3 Å². The summed E-state index contributed by atoms with van der Waals surface area (Å²) in [5, 5.41) is 0. The van der Waals surface area contributed by atoms with Crippen molar-refractivity contribution in [3.63, 3.8) is 0 Å². The zero-order valence-electron chi connectivity index (χ0n) is 12.5. The highest BCUT2D eigenvalue weighted by molar-refractivity contribution is 5.81. The number of hydrogen-bond acceptors (Lipinski definition) is 4. The minimum atomic E-state index is -0.981. The number of esters is 1. The molecule has 0 saturated heterocycles. The smallest absolute Gasteiger partial charge is 0.351 e. The molecule has 5 saturated carbocycles. The second kappa shape index (κ2) is 4.72. The van der Waals surface area contributed by atoms with Crippen molar-refractivity contribution in [2.24, 2.45) is 17.8 Å². The number of carbonyl (C=O) groups is 2. The zero-order valence-corrected chi connectivity index (χ0v) is 12.5. The van der Waals surface area contributed by atoms with E-state index in [-0.39, 0.29) is 11.6 Å².